The first-order valence-electron chi connectivity index (χ1n) is 14.4. The molecule has 0 aliphatic rings. The van der Waals surface area contributed by atoms with E-state index in [4.69, 9.17) is 23.7 Å². The standard InChI is InChI=1S/C28H61NO5P2/c1-22(2)30-17-11-14-29(15-20-35-18-12-27(31-23(3)4)32-24(5)6)16-21-36-19-13-28(33-25(7)8)34-26(9)10/h22-28,35-36H,11-21H2,1-10H3. The third-order valence-electron chi connectivity index (χ3n) is 5.09. The fourth-order valence-corrected chi connectivity index (χ4v) is 5.99. The minimum atomic E-state index is -0.0776. The van der Waals surface area contributed by atoms with Crippen LogP contribution in [0.2, 0.25) is 0 Å². The minimum Gasteiger partial charge on any atom is -0.379 e. The maximum absolute atomic E-state index is 5.95. The molecule has 0 aromatic carbocycles. The van der Waals surface area contributed by atoms with Crippen molar-refractivity contribution in [1.29, 1.82) is 0 Å². The highest BCUT2D eigenvalue weighted by molar-refractivity contribution is 7.38. The van der Waals surface area contributed by atoms with E-state index in [-0.39, 0.29) is 37.0 Å². The van der Waals surface area contributed by atoms with Gasteiger partial charge in [0.2, 0.25) is 0 Å². The maximum atomic E-state index is 5.95. The van der Waals surface area contributed by atoms with Crippen molar-refractivity contribution >= 4 is 17.2 Å². The lowest BCUT2D eigenvalue weighted by atomic mass is 10.4. The third kappa shape index (κ3) is 24.9. The molecule has 0 radical (unpaired) electrons. The summed E-state index contributed by atoms with van der Waals surface area (Å²) in [6.07, 6.45) is 8.85. The van der Waals surface area contributed by atoms with Gasteiger partial charge in [-0.15, -0.1) is 17.2 Å². The topological polar surface area (TPSA) is 49.4 Å². The second-order valence-corrected chi connectivity index (χ2v) is 13.8. The predicted octanol–water partition coefficient (Wildman–Crippen LogP) is 6.59. The summed E-state index contributed by atoms with van der Waals surface area (Å²) in [5.41, 5.74) is 0. The molecule has 0 aliphatic carbocycles. The van der Waals surface area contributed by atoms with E-state index in [9.17, 15) is 0 Å². The summed E-state index contributed by atoms with van der Waals surface area (Å²) in [6, 6.07) is 0. The summed E-state index contributed by atoms with van der Waals surface area (Å²) in [5, 5.41) is 0. The molecule has 0 rings (SSSR count). The molecule has 218 valence electrons. The molecule has 0 aromatic rings. The molecule has 0 aromatic heterocycles. The van der Waals surface area contributed by atoms with E-state index in [2.05, 4.69) is 74.1 Å². The molecule has 0 bridgehead atoms. The molecular weight excluding hydrogens is 492 g/mol. The van der Waals surface area contributed by atoms with Gasteiger partial charge in [0.1, 0.15) is 0 Å². The van der Waals surface area contributed by atoms with E-state index in [1.807, 2.05) is 0 Å². The lowest BCUT2D eigenvalue weighted by molar-refractivity contribution is -0.181. The van der Waals surface area contributed by atoms with Gasteiger partial charge in [0.05, 0.1) is 30.5 Å². The highest BCUT2D eigenvalue weighted by atomic mass is 31.1. The Labute approximate surface area is 228 Å². The molecule has 0 amide bonds. The Morgan fingerprint density at radius 2 is 0.889 bits per heavy atom. The Morgan fingerprint density at radius 3 is 1.22 bits per heavy atom. The Bertz CT molecular complexity index is 427. The summed E-state index contributed by atoms with van der Waals surface area (Å²) in [5.74, 6) is 0. The Hall–Kier alpha value is 0.620. The van der Waals surface area contributed by atoms with Crippen LogP contribution in [0.4, 0.5) is 0 Å². The summed E-state index contributed by atoms with van der Waals surface area (Å²) in [6.45, 7) is 25.1. The molecule has 8 heteroatoms. The number of ether oxygens (including phenoxy) is 5. The fraction of sp³-hybridized carbons (Fsp3) is 1.00. The largest absolute Gasteiger partial charge is 0.379 e. The van der Waals surface area contributed by atoms with Crippen molar-refractivity contribution in [3.8, 4) is 0 Å². The minimum absolute atomic E-state index is 0.0776. The Balaban J connectivity index is 4.40. The van der Waals surface area contributed by atoms with E-state index in [0.29, 0.717) is 6.10 Å². The zero-order valence-corrected chi connectivity index (χ0v) is 27.3. The van der Waals surface area contributed by atoms with Gasteiger partial charge in [-0.3, -0.25) is 0 Å². The third-order valence-corrected chi connectivity index (χ3v) is 7.53. The average Bonchev–Trinajstić information content (AvgIpc) is 2.73. The van der Waals surface area contributed by atoms with Crippen molar-refractivity contribution in [3.05, 3.63) is 0 Å². The molecule has 2 atom stereocenters. The van der Waals surface area contributed by atoms with Crippen molar-refractivity contribution in [2.24, 2.45) is 0 Å². The molecular formula is C28H61NO5P2. The van der Waals surface area contributed by atoms with Gasteiger partial charge in [0.15, 0.2) is 12.6 Å². The summed E-state index contributed by atoms with van der Waals surface area (Å²) >= 11 is 0. The van der Waals surface area contributed by atoms with Crippen LogP contribution in [0, 0.1) is 0 Å². The van der Waals surface area contributed by atoms with Crippen LogP contribution < -0.4 is 0 Å². The molecule has 0 N–H and O–H groups in total. The zero-order chi connectivity index (χ0) is 27.3. The lowest BCUT2D eigenvalue weighted by Gasteiger charge is -2.25. The van der Waals surface area contributed by atoms with Gasteiger partial charge < -0.3 is 28.6 Å². The smallest absolute Gasteiger partial charge is 0.158 e. The SMILES string of the molecule is CC(C)OCCCN(CCPCCC(OC(C)C)OC(C)C)CCPCCC(OC(C)C)OC(C)C. The lowest BCUT2D eigenvalue weighted by Crippen LogP contribution is -2.30. The molecule has 0 aliphatic heterocycles. The zero-order valence-electron chi connectivity index (χ0n) is 25.3. The van der Waals surface area contributed by atoms with E-state index < -0.39 is 0 Å². The van der Waals surface area contributed by atoms with E-state index in [0.717, 1.165) is 49.6 Å². The van der Waals surface area contributed by atoms with Gasteiger partial charge in [0.25, 0.3) is 0 Å². The van der Waals surface area contributed by atoms with Crippen molar-refractivity contribution in [1.82, 2.24) is 4.90 Å². The van der Waals surface area contributed by atoms with Crippen molar-refractivity contribution in [3.63, 3.8) is 0 Å². The first-order valence-corrected chi connectivity index (χ1v) is 17.2. The number of hydrogen-bond donors (Lipinski definition) is 0. The van der Waals surface area contributed by atoms with E-state index in [1.54, 1.807) is 0 Å². The molecule has 0 heterocycles. The molecule has 6 nitrogen and oxygen atoms in total. The van der Waals surface area contributed by atoms with Gasteiger partial charge in [0, 0.05) is 39.1 Å². The monoisotopic (exact) mass is 553 g/mol. The van der Waals surface area contributed by atoms with Gasteiger partial charge in [-0.25, -0.2) is 0 Å². The molecule has 36 heavy (non-hydrogen) atoms. The second-order valence-electron chi connectivity index (χ2n) is 10.8. The van der Waals surface area contributed by atoms with Crippen LogP contribution in [0.25, 0.3) is 0 Å². The fourth-order valence-electron chi connectivity index (χ4n) is 3.66. The normalized spacial score (nSPS) is 13.5. The Morgan fingerprint density at radius 1 is 0.500 bits per heavy atom. The molecule has 0 spiro atoms. The first kappa shape index (κ1) is 36.6. The van der Waals surface area contributed by atoms with Crippen LogP contribution >= 0.6 is 17.2 Å². The van der Waals surface area contributed by atoms with E-state index >= 15 is 0 Å². The van der Waals surface area contributed by atoms with Crippen molar-refractivity contribution in [2.75, 3.05) is 50.9 Å². The van der Waals surface area contributed by atoms with Crippen LogP contribution in [0.3, 0.4) is 0 Å². The van der Waals surface area contributed by atoms with Crippen LogP contribution in [-0.4, -0.2) is 98.9 Å². The van der Waals surface area contributed by atoms with E-state index in [1.165, 1.54) is 37.7 Å². The first-order chi connectivity index (χ1) is 17.0. The second kappa shape index (κ2) is 23.5. The number of nitrogens with zero attached hydrogens (tertiary/aromatic N) is 1. The van der Waals surface area contributed by atoms with Crippen LogP contribution in [0.15, 0.2) is 0 Å². The summed E-state index contributed by atoms with van der Waals surface area (Å²) < 4.78 is 29.6. The van der Waals surface area contributed by atoms with Gasteiger partial charge >= 0.3 is 0 Å². The van der Waals surface area contributed by atoms with Gasteiger partial charge in [-0.2, -0.15) is 0 Å². The number of rotatable bonds is 25. The highest BCUT2D eigenvalue weighted by Gasteiger charge is 2.15. The van der Waals surface area contributed by atoms with Gasteiger partial charge in [-0.05, 0) is 100 Å². The van der Waals surface area contributed by atoms with Crippen LogP contribution in [0.5, 0.6) is 0 Å². The van der Waals surface area contributed by atoms with Crippen molar-refractivity contribution < 1.29 is 23.7 Å². The Kier molecular flexibility index (Phi) is 23.9. The summed E-state index contributed by atoms with van der Waals surface area (Å²) in [7, 11) is 1.89. The van der Waals surface area contributed by atoms with Crippen LogP contribution in [-0.2, 0) is 23.7 Å². The summed E-state index contributed by atoms with van der Waals surface area (Å²) in [4.78, 5) is 2.64. The predicted molar refractivity (Wildman–Crippen MR) is 160 cm³/mol. The van der Waals surface area contributed by atoms with Crippen LogP contribution in [0.1, 0.15) is 88.5 Å². The van der Waals surface area contributed by atoms with Gasteiger partial charge in [-0.1, -0.05) is 0 Å². The molecule has 0 saturated heterocycles. The maximum Gasteiger partial charge on any atom is 0.158 e. The number of hydrogen-bond acceptors (Lipinski definition) is 6. The quantitative estimate of drug-likeness (QED) is 0.0722. The molecule has 0 saturated carbocycles. The van der Waals surface area contributed by atoms with Crippen molar-refractivity contribution in [2.45, 2.75) is 132 Å². The molecule has 2 unspecified atom stereocenters. The molecule has 0 fully saturated rings. The highest BCUT2D eigenvalue weighted by Crippen LogP contribution is 2.19. The average molecular weight is 554 g/mol.